The van der Waals surface area contributed by atoms with E-state index in [-0.39, 0.29) is 16.7 Å². The highest BCUT2D eigenvalue weighted by molar-refractivity contribution is 7.89. The Hall–Kier alpha value is -2.13. The number of hydrogen-bond donors (Lipinski definition) is 1. The minimum atomic E-state index is -3.89. The zero-order chi connectivity index (χ0) is 19.6. The number of hydrogen-bond acceptors (Lipinski definition) is 6. The maximum Gasteiger partial charge on any atom is 0.241 e. The van der Waals surface area contributed by atoms with Crippen LogP contribution in [0.5, 0.6) is 11.5 Å². The summed E-state index contributed by atoms with van der Waals surface area (Å²) in [5.41, 5.74) is 2.95. The molecule has 0 amide bonds. The van der Waals surface area contributed by atoms with Gasteiger partial charge >= 0.3 is 0 Å². The summed E-state index contributed by atoms with van der Waals surface area (Å²) in [6.45, 7) is 2.04. The summed E-state index contributed by atoms with van der Waals surface area (Å²) in [6, 6.07) is 11.2. The average Bonchev–Trinajstić information content (AvgIpc) is 2.66. The lowest BCUT2D eigenvalue weighted by Crippen LogP contribution is -2.34. The first-order chi connectivity index (χ1) is 12.9. The Bertz CT molecular complexity index is 912. The zero-order valence-corrected chi connectivity index (χ0v) is 16.5. The second-order valence-corrected chi connectivity index (χ2v) is 8.02. The van der Waals surface area contributed by atoms with E-state index in [9.17, 15) is 8.42 Å². The van der Waals surface area contributed by atoms with Crippen LogP contribution >= 0.6 is 0 Å². The number of fused-ring (bicyclic) bond motifs is 1. The van der Waals surface area contributed by atoms with E-state index in [2.05, 4.69) is 4.90 Å². The van der Waals surface area contributed by atoms with E-state index in [0.717, 1.165) is 29.0 Å². The van der Waals surface area contributed by atoms with Gasteiger partial charge < -0.3 is 14.2 Å². The quantitative estimate of drug-likeness (QED) is 0.809. The molecule has 146 valence electrons. The van der Waals surface area contributed by atoms with Crippen LogP contribution in [0.4, 0.5) is 0 Å². The predicted octanol–water partition coefficient (Wildman–Crippen LogP) is 2.05. The van der Waals surface area contributed by atoms with Gasteiger partial charge in [-0.1, -0.05) is 12.1 Å². The summed E-state index contributed by atoms with van der Waals surface area (Å²) in [6.07, 6.45) is -0.251. The fourth-order valence-electron chi connectivity index (χ4n) is 3.39. The summed E-state index contributed by atoms with van der Waals surface area (Å²) in [4.78, 5) is 2.23. The molecule has 0 saturated carbocycles. The third kappa shape index (κ3) is 4.24. The van der Waals surface area contributed by atoms with Crippen LogP contribution in [-0.2, 0) is 27.8 Å². The van der Waals surface area contributed by atoms with Crippen molar-refractivity contribution < 1.29 is 22.6 Å². The number of benzene rings is 2. The molecule has 0 aromatic heterocycles. The van der Waals surface area contributed by atoms with Crippen LogP contribution in [0.25, 0.3) is 0 Å². The molecule has 8 heteroatoms. The molecule has 0 spiro atoms. The van der Waals surface area contributed by atoms with Crippen LogP contribution in [0.15, 0.2) is 41.3 Å². The molecule has 1 aliphatic rings. The van der Waals surface area contributed by atoms with E-state index >= 15 is 0 Å². The maximum absolute atomic E-state index is 11.9. The van der Waals surface area contributed by atoms with E-state index in [1.54, 1.807) is 26.4 Å². The molecule has 0 radical (unpaired) electrons. The molecule has 1 heterocycles. The summed E-state index contributed by atoms with van der Waals surface area (Å²) in [5.74, 6) is 1.06. The SMILES string of the molecule is COc1ccc(CN2Cc3cc(OC)c(S(N)(=O)=O)cc3C(OC)C2)cc1. The lowest BCUT2D eigenvalue weighted by Gasteiger charge is -2.34. The minimum absolute atomic E-state index is 0.0191. The summed E-state index contributed by atoms with van der Waals surface area (Å²) in [5, 5.41) is 5.34. The van der Waals surface area contributed by atoms with Crippen molar-refractivity contribution in [1.82, 2.24) is 4.90 Å². The second kappa shape index (κ2) is 7.85. The molecule has 0 saturated heterocycles. The van der Waals surface area contributed by atoms with E-state index in [4.69, 9.17) is 19.3 Å². The summed E-state index contributed by atoms with van der Waals surface area (Å²) < 4.78 is 39.9. The molecule has 2 aromatic rings. The van der Waals surface area contributed by atoms with Crippen molar-refractivity contribution in [2.75, 3.05) is 27.9 Å². The first-order valence-corrected chi connectivity index (χ1v) is 10.0. The second-order valence-electron chi connectivity index (χ2n) is 6.49. The van der Waals surface area contributed by atoms with Gasteiger partial charge in [0.1, 0.15) is 16.4 Å². The van der Waals surface area contributed by atoms with Gasteiger partial charge in [-0.05, 0) is 41.0 Å². The smallest absolute Gasteiger partial charge is 0.241 e. The first kappa shape index (κ1) is 19.6. The molecule has 27 heavy (non-hydrogen) atoms. The van der Waals surface area contributed by atoms with Crippen LogP contribution in [-0.4, -0.2) is 41.2 Å². The Morgan fingerprint density at radius 3 is 2.37 bits per heavy atom. The number of nitrogens with two attached hydrogens (primary N) is 1. The van der Waals surface area contributed by atoms with Crippen molar-refractivity contribution in [1.29, 1.82) is 0 Å². The lowest BCUT2D eigenvalue weighted by atomic mass is 9.96. The molecule has 3 rings (SSSR count). The average molecular weight is 392 g/mol. The molecule has 0 fully saturated rings. The molecule has 2 aromatic carbocycles. The highest BCUT2D eigenvalue weighted by Crippen LogP contribution is 2.36. The summed E-state index contributed by atoms with van der Waals surface area (Å²) >= 11 is 0. The van der Waals surface area contributed by atoms with Gasteiger partial charge in [-0.2, -0.15) is 0 Å². The Labute approximate surface area is 159 Å². The first-order valence-electron chi connectivity index (χ1n) is 8.47. The van der Waals surface area contributed by atoms with E-state index in [0.29, 0.717) is 13.1 Å². The van der Waals surface area contributed by atoms with Gasteiger partial charge in [0.15, 0.2) is 0 Å². The van der Waals surface area contributed by atoms with E-state index < -0.39 is 10.0 Å². The highest BCUT2D eigenvalue weighted by Gasteiger charge is 2.29. The molecule has 2 N–H and O–H groups in total. The van der Waals surface area contributed by atoms with Crippen LogP contribution < -0.4 is 14.6 Å². The molecule has 1 unspecified atom stereocenters. The molecule has 7 nitrogen and oxygen atoms in total. The standard InChI is InChI=1S/C19H24N2O5S/c1-24-15-6-4-13(5-7-15)10-21-11-14-8-17(25-2)19(27(20,22)23)9-16(14)18(12-21)26-3/h4-9,18H,10-12H2,1-3H3,(H2,20,22,23). The molecule has 0 aliphatic carbocycles. The van der Waals surface area contributed by atoms with Gasteiger partial charge in [0.05, 0.1) is 20.3 Å². The zero-order valence-electron chi connectivity index (χ0n) is 15.6. The van der Waals surface area contributed by atoms with Crippen molar-refractivity contribution in [2.45, 2.75) is 24.1 Å². The number of nitrogens with zero attached hydrogens (tertiary/aromatic N) is 1. The Morgan fingerprint density at radius 1 is 1.11 bits per heavy atom. The number of methoxy groups -OCH3 is 3. The van der Waals surface area contributed by atoms with Crippen LogP contribution in [0.3, 0.4) is 0 Å². The fourth-order valence-corrected chi connectivity index (χ4v) is 4.10. The van der Waals surface area contributed by atoms with Crippen molar-refractivity contribution in [3.63, 3.8) is 0 Å². The fraction of sp³-hybridized carbons (Fsp3) is 0.368. The topological polar surface area (TPSA) is 91.1 Å². The van der Waals surface area contributed by atoms with Crippen molar-refractivity contribution in [3.05, 3.63) is 53.1 Å². The largest absolute Gasteiger partial charge is 0.497 e. The predicted molar refractivity (Wildman–Crippen MR) is 101 cm³/mol. The lowest BCUT2D eigenvalue weighted by molar-refractivity contribution is 0.0448. The normalized spacial score (nSPS) is 17.4. The van der Waals surface area contributed by atoms with Crippen molar-refractivity contribution in [3.8, 4) is 11.5 Å². The molecule has 1 aliphatic heterocycles. The van der Waals surface area contributed by atoms with Crippen LogP contribution in [0, 0.1) is 0 Å². The Kier molecular flexibility index (Phi) is 5.71. The molecule has 0 bridgehead atoms. The molecular weight excluding hydrogens is 368 g/mol. The highest BCUT2D eigenvalue weighted by atomic mass is 32.2. The van der Waals surface area contributed by atoms with E-state index in [1.807, 2.05) is 24.3 Å². The van der Waals surface area contributed by atoms with Gasteiger partial charge in [0, 0.05) is 26.7 Å². The van der Waals surface area contributed by atoms with Gasteiger partial charge in [0.25, 0.3) is 0 Å². The Morgan fingerprint density at radius 2 is 1.81 bits per heavy atom. The molecule has 1 atom stereocenters. The van der Waals surface area contributed by atoms with Gasteiger partial charge in [-0.25, -0.2) is 13.6 Å². The number of rotatable bonds is 6. The molecular formula is C19H24N2O5S. The minimum Gasteiger partial charge on any atom is -0.497 e. The third-order valence-electron chi connectivity index (χ3n) is 4.75. The number of ether oxygens (including phenoxy) is 3. The van der Waals surface area contributed by atoms with Gasteiger partial charge in [-0.15, -0.1) is 0 Å². The van der Waals surface area contributed by atoms with Crippen LogP contribution in [0.2, 0.25) is 0 Å². The maximum atomic E-state index is 11.9. The summed E-state index contributed by atoms with van der Waals surface area (Å²) in [7, 11) is 0.806. The number of sulfonamides is 1. The third-order valence-corrected chi connectivity index (χ3v) is 5.68. The van der Waals surface area contributed by atoms with Gasteiger partial charge in [0.2, 0.25) is 10.0 Å². The monoisotopic (exact) mass is 392 g/mol. The Balaban J connectivity index is 1.91. The van der Waals surface area contributed by atoms with Crippen molar-refractivity contribution in [2.24, 2.45) is 5.14 Å². The van der Waals surface area contributed by atoms with Crippen molar-refractivity contribution >= 4 is 10.0 Å². The van der Waals surface area contributed by atoms with E-state index in [1.165, 1.54) is 7.11 Å². The van der Waals surface area contributed by atoms with Crippen LogP contribution in [0.1, 0.15) is 22.8 Å². The van der Waals surface area contributed by atoms with Gasteiger partial charge in [-0.3, -0.25) is 4.90 Å². The number of primary sulfonamides is 1.